The fourth-order valence-electron chi connectivity index (χ4n) is 3.81. The van der Waals surface area contributed by atoms with Crippen molar-refractivity contribution in [3.05, 3.63) is 70.9 Å². The van der Waals surface area contributed by atoms with Crippen LogP contribution in [0.3, 0.4) is 0 Å². The van der Waals surface area contributed by atoms with Crippen LogP contribution in [-0.2, 0) is 0 Å². The Hall–Kier alpha value is -2.88. The molecule has 2 N–H and O–H groups in total. The molecule has 0 radical (unpaired) electrons. The van der Waals surface area contributed by atoms with Crippen molar-refractivity contribution in [2.75, 3.05) is 5.32 Å². The second-order valence-corrected chi connectivity index (χ2v) is 6.65. The Morgan fingerprint density at radius 1 is 0.840 bits per heavy atom. The second kappa shape index (κ2) is 6.20. The SMILES string of the molecule is O=C1C(Nc2ccc(O)cc2)=C(C2CCCC2)C(=O)c2ccccc21. The molecule has 2 aliphatic rings. The molecule has 2 aliphatic carbocycles. The average Bonchev–Trinajstić information content (AvgIpc) is 3.15. The molecule has 0 bridgehead atoms. The first-order valence-corrected chi connectivity index (χ1v) is 8.64. The predicted molar refractivity (Wildman–Crippen MR) is 95.8 cm³/mol. The van der Waals surface area contributed by atoms with Gasteiger partial charge in [-0.15, -0.1) is 0 Å². The highest BCUT2D eigenvalue weighted by atomic mass is 16.3. The van der Waals surface area contributed by atoms with Gasteiger partial charge >= 0.3 is 0 Å². The van der Waals surface area contributed by atoms with Gasteiger partial charge < -0.3 is 10.4 Å². The fourth-order valence-corrected chi connectivity index (χ4v) is 3.81. The molecule has 126 valence electrons. The molecule has 4 rings (SSSR count). The van der Waals surface area contributed by atoms with Crippen LogP contribution in [0.4, 0.5) is 5.69 Å². The Kier molecular flexibility index (Phi) is 3.88. The van der Waals surface area contributed by atoms with Crippen molar-refractivity contribution in [3.63, 3.8) is 0 Å². The van der Waals surface area contributed by atoms with E-state index in [0.29, 0.717) is 28.1 Å². The third kappa shape index (κ3) is 2.74. The Morgan fingerprint density at radius 2 is 1.44 bits per heavy atom. The highest BCUT2D eigenvalue weighted by Gasteiger charge is 2.36. The highest BCUT2D eigenvalue weighted by Crippen LogP contribution is 2.38. The molecule has 0 unspecified atom stereocenters. The summed E-state index contributed by atoms with van der Waals surface area (Å²) in [5, 5.41) is 12.6. The molecule has 0 atom stereocenters. The molecule has 1 saturated carbocycles. The first-order chi connectivity index (χ1) is 12.1. The average molecular weight is 333 g/mol. The van der Waals surface area contributed by atoms with Gasteiger partial charge in [0.25, 0.3) is 0 Å². The van der Waals surface area contributed by atoms with E-state index in [1.165, 1.54) is 0 Å². The quantitative estimate of drug-likeness (QED) is 0.821. The molecule has 2 aromatic carbocycles. The zero-order valence-electron chi connectivity index (χ0n) is 13.8. The minimum Gasteiger partial charge on any atom is -0.508 e. The van der Waals surface area contributed by atoms with Crippen LogP contribution >= 0.6 is 0 Å². The van der Waals surface area contributed by atoms with Crippen LogP contribution < -0.4 is 5.32 Å². The predicted octanol–water partition coefficient (Wildman–Crippen LogP) is 4.33. The first kappa shape index (κ1) is 15.6. The lowest BCUT2D eigenvalue weighted by Crippen LogP contribution is -2.29. The van der Waals surface area contributed by atoms with Crippen molar-refractivity contribution >= 4 is 17.3 Å². The Balaban J connectivity index is 1.82. The van der Waals surface area contributed by atoms with E-state index >= 15 is 0 Å². The number of ketones is 2. The summed E-state index contributed by atoms with van der Waals surface area (Å²) in [6, 6.07) is 13.5. The van der Waals surface area contributed by atoms with E-state index in [2.05, 4.69) is 5.32 Å². The molecule has 0 heterocycles. The maximum Gasteiger partial charge on any atom is 0.210 e. The lowest BCUT2D eigenvalue weighted by atomic mass is 9.80. The molecule has 4 heteroatoms. The number of aromatic hydroxyl groups is 1. The normalized spacial score (nSPS) is 17.8. The number of nitrogens with one attached hydrogen (secondary N) is 1. The Morgan fingerprint density at radius 3 is 2.08 bits per heavy atom. The van der Waals surface area contributed by atoms with Gasteiger partial charge in [0.1, 0.15) is 5.75 Å². The van der Waals surface area contributed by atoms with Gasteiger partial charge in [-0.1, -0.05) is 37.1 Å². The summed E-state index contributed by atoms with van der Waals surface area (Å²) in [6.07, 6.45) is 4.06. The standard InChI is InChI=1S/C21H19NO3/c23-15-11-9-14(10-12-15)22-19-18(13-5-1-2-6-13)20(24)16-7-3-4-8-17(16)21(19)25/h3-4,7-13,22-23H,1-2,5-6H2. The van der Waals surface area contributed by atoms with E-state index in [0.717, 1.165) is 25.7 Å². The van der Waals surface area contributed by atoms with Gasteiger partial charge in [-0.3, -0.25) is 9.59 Å². The molecule has 25 heavy (non-hydrogen) atoms. The monoisotopic (exact) mass is 333 g/mol. The molecule has 0 aromatic heterocycles. The number of allylic oxidation sites excluding steroid dienone is 2. The van der Waals surface area contributed by atoms with Crippen molar-refractivity contribution in [1.82, 2.24) is 0 Å². The fraction of sp³-hybridized carbons (Fsp3) is 0.238. The number of fused-ring (bicyclic) bond motifs is 1. The van der Waals surface area contributed by atoms with Crippen LogP contribution in [0.5, 0.6) is 5.75 Å². The van der Waals surface area contributed by atoms with Gasteiger partial charge in [0, 0.05) is 22.4 Å². The third-order valence-corrected chi connectivity index (χ3v) is 5.06. The van der Waals surface area contributed by atoms with E-state index in [1.807, 2.05) is 0 Å². The van der Waals surface area contributed by atoms with Crippen LogP contribution in [0.15, 0.2) is 59.8 Å². The van der Waals surface area contributed by atoms with Crippen molar-refractivity contribution < 1.29 is 14.7 Å². The number of hydrogen-bond donors (Lipinski definition) is 2. The maximum atomic E-state index is 13.1. The summed E-state index contributed by atoms with van der Waals surface area (Å²) < 4.78 is 0. The Labute approximate surface area is 146 Å². The number of Topliss-reactive ketones (excluding diaryl/α,β-unsaturated/α-hetero) is 2. The zero-order chi connectivity index (χ0) is 17.4. The van der Waals surface area contributed by atoms with Crippen LogP contribution in [0, 0.1) is 5.92 Å². The van der Waals surface area contributed by atoms with E-state index < -0.39 is 0 Å². The minimum atomic E-state index is -0.134. The van der Waals surface area contributed by atoms with E-state index in [1.54, 1.807) is 48.5 Å². The molecule has 1 fully saturated rings. The van der Waals surface area contributed by atoms with Crippen LogP contribution in [0.2, 0.25) is 0 Å². The number of anilines is 1. The topological polar surface area (TPSA) is 66.4 Å². The zero-order valence-corrected chi connectivity index (χ0v) is 13.8. The van der Waals surface area contributed by atoms with Gasteiger partial charge in [0.05, 0.1) is 5.70 Å². The third-order valence-electron chi connectivity index (χ3n) is 5.06. The second-order valence-electron chi connectivity index (χ2n) is 6.65. The lowest BCUT2D eigenvalue weighted by molar-refractivity contribution is 0.0966. The summed E-state index contributed by atoms with van der Waals surface area (Å²) in [6.45, 7) is 0. The van der Waals surface area contributed by atoms with Gasteiger partial charge in [0.2, 0.25) is 5.78 Å². The summed E-state index contributed by atoms with van der Waals surface area (Å²) in [5.74, 6) is 0.116. The molecule has 0 spiro atoms. The van der Waals surface area contributed by atoms with E-state index in [9.17, 15) is 14.7 Å². The van der Waals surface area contributed by atoms with Crippen LogP contribution in [-0.4, -0.2) is 16.7 Å². The van der Waals surface area contributed by atoms with Crippen LogP contribution in [0.25, 0.3) is 0 Å². The molecule has 0 amide bonds. The first-order valence-electron chi connectivity index (χ1n) is 8.64. The van der Waals surface area contributed by atoms with Crippen LogP contribution in [0.1, 0.15) is 46.4 Å². The van der Waals surface area contributed by atoms with Crippen molar-refractivity contribution in [2.24, 2.45) is 5.92 Å². The number of carbonyl (C=O) groups excluding carboxylic acids is 2. The molecular formula is C21H19NO3. The van der Waals surface area contributed by atoms with Gasteiger partial charge in [-0.2, -0.15) is 0 Å². The summed E-state index contributed by atoms with van der Waals surface area (Å²) in [5.41, 5.74) is 2.65. The van der Waals surface area contributed by atoms with Gasteiger partial charge in [0.15, 0.2) is 5.78 Å². The summed E-state index contributed by atoms with van der Waals surface area (Å²) in [7, 11) is 0. The van der Waals surface area contributed by atoms with Crippen molar-refractivity contribution in [3.8, 4) is 5.75 Å². The molecule has 4 nitrogen and oxygen atoms in total. The highest BCUT2D eigenvalue weighted by molar-refractivity contribution is 6.28. The van der Waals surface area contributed by atoms with E-state index in [-0.39, 0.29) is 23.2 Å². The summed E-state index contributed by atoms with van der Waals surface area (Å²) in [4.78, 5) is 26.2. The van der Waals surface area contributed by atoms with Crippen molar-refractivity contribution in [1.29, 1.82) is 0 Å². The lowest BCUT2D eigenvalue weighted by Gasteiger charge is -2.25. The Bertz CT molecular complexity index is 874. The number of phenols is 1. The molecule has 0 aliphatic heterocycles. The smallest absolute Gasteiger partial charge is 0.210 e. The van der Waals surface area contributed by atoms with Crippen molar-refractivity contribution in [2.45, 2.75) is 25.7 Å². The minimum absolute atomic E-state index is 0.0385. The summed E-state index contributed by atoms with van der Waals surface area (Å²) >= 11 is 0. The molecule has 2 aromatic rings. The number of phenolic OH excluding ortho intramolecular Hbond substituents is 1. The largest absolute Gasteiger partial charge is 0.508 e. The maximum absolute atomic E-state index is 13.1. The molecular weight excluding hydrogens is 314 g/mol. The number of carbonyl (C=O) groups is 2. The van der Waals surface area contributed by atoms with Gasteiger partial charge in [-0.25, -0.2) is 0 Å². The number of rotatable bonds is 3. The van der Waals surface area contributed by atoms with Gasteiger partial charge in [-0.05, 0) is 43.0 Å². The molecule has 0 saturated heterocycles. The van der Waals surface area contributed by atoms with E-state index in [4.69, 9.17) is 0 Å². The number of hydrogen-bond acceptors (Lipinski definition) is 4. The number of benzene rings is 2.